The van der Waals surface area contributed by atoms with E-state index in [0.717, 1.165) is 16.5 Å². The minimum absolute atomic E-state index is 0.0912. The quantitative estimate of drug-likeness (QED) is 0.607. The second-order valence-electron chi connectivity index (χ2n) is 8.24. The van der Waals surface area contributed by atoms with E-state index in [9.17, 15) is 4.79 Å². The first kappa shape index (κ1) is 19.0. The Labute approximate surface area is 160 Å². The number of benzene rings is 1. The zero-order chi connectivity index (χ0) is 19.1. The number of carbonyl (C=O) groups is 1. The van der Waals surface area contributed by atoms with E-state index in [0.29, 0.717) is 29.6 Å². The number of aromatic nitrogens is 1. The van der Waals surface area contributed by atoms with Crippen LogP contribution in [0.25, 0.3) is 10.9 Å². The van der Waals surface area contributed by atoms with Crippen molar-refractivity contribution in [1.82, 2.24) is 10.3 Å². The predicted octanol–water partition coefficient (Wildman–Crippen LogP) is 2.98. The maximum absolute atomic E-state index is 12.5. The first-order valence-corrected chi connectivity index (χ1v) is 9.73. The third-order valence-electron chi connectivity index (χ3n) is 4.82. The Balaban J connectivity index is 2.06. The number of amides is 1. The van der Waals surface area contributed by atoms with Gasteiger partial charge in [-0.05, 0) is 47.4 Å². The van der Waals surface area contributed by atoms with Crippen molar-refractivity contribution in [2.45, 2.75) is 51.0 Å². The highest BCUT2D eigenvalue weighted by Crippen LogP contribution is 2.43. The van der Waals surface area contributed by atoms with Gasteiger partial charge in [0.1, 0.15) is 5.69 Å². The van der Waals surface area contributed by atoms with Gasteiger partial charge in [0.05, 0.1) is 5.52 Å². The lowest BCUT2D eigenvalue weighted by Gasteiger charge is -2.23. The molecule has 1 amide bonds. The molecule has 1 aromatic carbocycles. The number of thiol groups is 1. The molecule has 0 spiro atoms. The van der Waals surface area contributed by atoms with Crippen LogP contribution in [0.5, 0.6) is 0 Å². The summed E-state index contributed by atoms with van der Waals surface area (Å²) < 4.78 is 0. The minimum atomic E-state index is -0.262. The van der Waals surface area contributed by atoms with Crippen LogP contribution in [0.15, 0.2) is 18.2 Å². The van der Waals surface area contributed by atoms with Crippen molar-refractivity contribution >= 4 is 35.1 Å². The number of carbonyl (C=O) groups excluding carboxylic acids is 1. The SMILES string of the molecule is CC(C)(C)c1cc(C2CC2)cc2c(N)cc(C(=O)NC[C@@H](N)CS)nc12. The summed E-state index contributed by atoms with van der Waals surface area (Å²) in [5, 5.41) is 3.74. The third kappa shape index (κ3) is 3.96. The number of rotatable bonds is 5. The number of nitrogen functional groups attached to an aromatic ring is 1. The van der Waals surface area contributed by atoms with Crippen LogP contribution < -0.4 is 16.8 Å². The summed E-state index contributed by atoms with van der Waals surface area (Å²) in [7, 11) is 0. The molecule has 0 saturated heterocycles. The summed E-state index contributed by atoms with van der Waals surface area (Å²) in [5.74, 6) is 0.874. The second-order valence-corrected chi connectivity index (χ2v) is 8.60. The van der Waals surface area contributed by atoms with Crippen molar-refractivity contribution in [3.8, 4) is 0 Å². The van der Waals surface area contributed by atoms with Crippen LogP contribution in [0, 0.1) is 0 Å². The molecule has 1 heterocycles. The van der Waals surface area contributed by atoms with Gasteiger partial charge in [0.15, 0.2) is 0 Å². The molecular formula is C20H28N4OS. The molecule has 1 aliphatic carbocycles. The Morgan fingerprint density at radius 3 is 2.62 bits per heavy atom. The van der Waals surface area contributed by atoms with Crippen LogP contribution in [0.1, 0.15) is 61.1 Å². The first-order valence-electron chi connectivity index (χ1n) is 9.10. The van der Waals surface area contributed by atoms with E-state index in [2.05, 4.69) is 55.8 Å². The molecule has 0 aliphatic heterocycles. The standard InChI is InChI=1S/C20H28N4OS/c1-20(2,3)15-7-12(11-4-5-11)6-14-16(22)8-17(24-18(14)15)19(25)23-9-13(21)10-26/h6-8,11,13,26H,4-5,9-10,21H2,1-3H3,(H2,22,24)(H,23,25)/t13-/m1/s1. The molecule has 1 aliphatic rings. The van der Waals surface area contributed by atoms with E-state index in [1.807, 2.05) is 0 Å². The Morgan fingerprint density at radius 1 is 1.35 bits per heavy atom. The number of hydrogen-bond acceptors (Lipinski definition) is 5. The van der Waals surface area contributed by atoms with E-state index in [1.54, 1.807) is 6.07 Å². The van der Waals surface area contributed by atoms with E-state index in [4.69, 9.17) is 11.5 Å². The van der Waals surface area contributed by atoms with Crippen molar-refractivity contribution in [3.63, 3.8) is 0 Å². The molecule has 0 unspecified atom stereocenters. The number of nitrogens with one attached hydrogen (secondary N) is 1. The molecule has 1 aromatic heterocycles. The fraction of sp³-hybridized carbons (Fsp3) is 0.500. The lowest BCUT2D eigenvalue weighted by molar-refractivity contribution is 0.0947. The highest BCUT2D eigenvalue weighted by Gasteiger charge is 2.28. The monoisotopic (exact) mass is 372 g/mol. The van der Waals surface area contributed by atoms with E-state index >= 15 is 0 Å². The van der Waals surface area contributed by atoms with Gasteiger partial charge in [-0.15, -0.1) is 0 Å². The number of anilines is 1. The Bertz CT molecular complexity index is 840. The summed E-state index contributed by atoms with van der Waals surface area (Å²) in [5.41, 5.74) is 16.2. The van der Waals surface area contributed by atoms with Gasteiger partial charge in [-0.3, -0.25) is 4.79 Å². The minimum Gasteiger partial charge on any atom is -0.398 e. The smallest absolute Gasteiger partial charge is 0.270 e. The van der Waals surface area contributed by atoms with E-state index in [1.165, 1.54) is 18.4 Å². The fourth-order valence-electron chi connectivity index (χ4n) is 3.09. The summed E-state index contributed by atoms with van der Waals surface area (Å²) in [6.07, 6.45) is 2.46. The van der Waals surface area contributed by atoms with Gasteiger partial charge in [-0.2, -0.15) is 12.6 Å². The van der Waals surface area contributed by atoms with Crippen LogP contribution in [-0.2, 0) is 5.41 Å². The zero-order valence-corrected chi connectivity index (χ0v) is 16.6. The molecular weight excluding hydrogens is 344 g/mol. The van der Waals surface area contributed by atoms with Crippen molar-refractivity contribution < 1.29 is 4.79 Å². The maximum Gasteiger partial charge on any atom is 0.270 e. The maximum atomic E-state index is 12.5. The summed E-state index contributed by atoms with van der Waals surface area (Å²) in [6.45, 7) is 6.84. The van der Waals surface area contributed by atoms with Crippen LogP contribution in [-0.4, -0.2) is 29.2 Å². The van der Waals surface area contributed by atoms with Crippen molar-refractivity contribution in [2.75, 3.05) is 18.0 Å². The molecule has 5 nitrogen and oxygen atoms in total. The van der Waals surface area contributed by atoms with Gasteiger partial charge in [-0.1, -0.05) is 26.8 Å². The predicted molar refractivity (Wildman–Crippen MR) is 111 cm³/mol. The van der Waals surface area contributed by atoms with E-state index in [-0.39, 0.29) is 17.4 Å². The number of fused-ring (bicyclic) bond motifs is 1. The third-order valence-corrected chi connectivity index (χ3v) is 5.29. The molecule has 2 aromatic rings. The van der Waals surface area contributed by atoms with Crippen LogP contribution >= 0.6 is 12.6 Å². The summed E-state index contributed by atoms with van der Waals surface area (Å²) >= 11 is 4.13. The first-order chi connectivity index (χ1) is 12.2. The Hall–Kier alpha value is -1.79. The van der Waals surface area contributed by atoms with Gasteiger partial charge in [0.25, 0.3) is 5.91 Å². The molecule has 1 saturated carbocycles. The van der Waals surface area contributed by atoms with Gasteiger partial charge in [0, 0.05) is 29.4 Å². The Kier molecular flexibility index (Phi) is 5.17. The van der Waals surface area contributed by atoms with Crippen molar-refractivity contribution in [1.29, 1.82) is 0 Å². The molecule has 5 N–H and O–H groups in total. The number of nitrogens with two attached hydrogens (primary N) is 2. The number of hydrogen-bond donors (Lipinski definition) is 4. The number of nitrogens with zero attached hydrogens (tertiary/aromatic N) is 1. The van der Waals surface area contributed by atoms with Crippen LogP contribution in [0.3, 0.4) is 0 Å². The fourth-order valence-corrected chi connectivity index (χ4v) is 3.22. The zero-order valence-electron chi connectivity index (χ0n) is 15.7. The van der Waals surface area contributed by atoms with Crippen molar-refractivity contribution in [3.05, 3.63) is 35.0 Å². The van der Waals surface area contributed by atoms with Gasteiger partial charge in [-0.25, -0.2) is 4.98 Å². The molecule has 1 atom stereocenters. The average Bonchev–Trinajstić information content (AvgIpc) is 3.42. The summed E-state index contributed by atoms with van der Waals surface area (Å²) in [6, 6.07) is 5.85. The van der Waals surface area contributed by atoms with Crippen LogP contribution in [0.4, 0.5) is 5.69 Å². The normalized spacial score (nSPS) is 15.9. The molecule has 0 bridgehead atoms. The molecule has 26 heavy (non-hydrogen) atoms. The molecule has 3 rings (SSSR count). The molecule has 1 fully saturated rings. The lowest BCUT2D eigenvalue weighted by Crippen LogP contribution is -2.38. The Morgan fingerprint density at radius 2 is 2.04 bits per heavy atom. The number of pyridine rings is 1. The van der Waals surface area contributed by atoms with Gasteiger partial charge < -0.3 is 16.8 Å². The van der Waals surface area contributed by atoms with Crippen molar-refractivity contribution in [2.24, 2.45) is 5.73 Å². The lowest BCUT2D eigenvalue weighted by atomic mass is 9.83. The van der Waals surface area contributed by atoms with Gasteiger partial charge >= 0.3 is 0 Å². The van der Waals surface area contributed by atoms with E-state index < -0.39 is 0 Å². The average molecular weight is 373 g/mol. The largest absolute Gasteiger partial charge is 0.398 e. The molecule has 6 heteroatoms. The topological polar surface area (TPSA) is 94.0 Å². The molecule has 0 radical (unpaired) electrons. The highest BCUT2D eigenvalue weighted by atomic mass is 32.1. The molecule has 140 valence electrons. The van der Waals surface area contributed by atoms with Gasteiger partial charge in [0.2, 0.25) is 0 Å². The highest BCUT2D eigenvalue weighted by molar-refractivity contribution is 7.80. The summed E-state index contributed by atoms with van der Waals surface area (Å²) in [4.78, 5) is 17.2. The second kappa shape index (κ2) is 7.08. The van der Waals surface area contributed by atoms with Crippen LogP contribution in [0.2, 0.25) is 0 Å².